The average molecular weight is 262 g/mol. The van der Waals surface area contributed by atoms with Crippen LogP contribution in [0.1, 0.15) is 45.4 Å². The Morgan fingerprint density at radius 2 is 1.94 bits per heavy atom. The first-order chi connectivity index (χ1) is 8.08. The Balaban J connectivity index is 3.75. The van der Waals surface area contributed by atoms with Crippen molar-refractivity contribution in [3.05, 3.63) is 0 Å². The predicted octanol–water partition coefficient (Wildman–Crippen LogP) is 2.86. The minimum atomic E-state index is -4.23. The number of rotatable bonds is 9. The normalized spacial score (nSPS) is 15.2. The van der Waals surface area contributed by atoms with Crippen molar-refractivity contribution in [1.82, 2.24) is 0 Å². The van der Waals surface area contributed by atoms with Crippen LogP contribution in [0, 0.1) is 11.3 Å². The molecule has 0 radical (unpaired) electrons. The van der Waals surface area contributed by atoms with Gasteiger partial charge in [0, 0.05) is 0 Å². The van der Waals surface area contributed by atoms with Crippen LogP contribution in [-0.2, 0) is 9.09 Å². The fourth-order valence-corrected chi connectivity index (χ4v) is 2.01. The Morgan fingerprint density at radius 3 is 2.47 bits per heavy atom. The molecule has 0 heterocycles. The second kappa shape index (κ2) is 9.17. The van der Waals surface area contributed by atoms with Crippen LogP contribution in [0.3, 0.4) is 0 Å². The van der Waals surface area contributed by atoms with Gasteiger partial charge in [0.2, 0.25) is 0 Å². The lowest BCUT2D eigenvalue weighted by molar-refractivity contribution is 0.261. The lowest BCUT2D eigenvalue weighted by Gasteiger charge is -2.08. The average Bonchev–Trinajstić information content (AvgIpc) is 2.29. The Hall–Kier alpha value is -0.890. The van der Waals surface area contributed by atoms with Gasteiger partial charge in [0.1, 0.15) is 6.07 Å². The van der Waals surface area contributed by atoms with Crippen LogP contribution in [0.4, 0.5) is 0 Å². The molecule has 0 aliphatic carbocycles. The van der Waals surface area contributed by atoms with Crippen LogP contribution in [0.25, 0.3) is 0 Å². The predicted molar refractivity (Wildman–Crippen MR) is 64.0 cm³/mol. The SMILES string of the molecule is CCCCCCCCOP(=O)(O)/C(C#N)=N/O. The second-order valence-corrected chi connectivity index (χ2v) is 5.38. The summed E-state index contributed by atoms with van der Waals surface area (Å²) in [5.74, 6) is 0. The van der Waals surface area contributed by atoms with E-state index in [0.717, 1.165) is 19.3 Å². The molecule has 2 N–H and O–H groups in total. The molecule has 0 rings (SSSR count). The van der Waals surface area contributed by atoms with E-state index in [-0.39, 0.29) is 6.61 Å². The Morgan fingerprint density at radius 1 is 1.35 bits per heavy atom. The molecule has 0 bridgehead atoms. The van der Waals surface area contributed by atoms with E-state index in [2.05, 4.69) is 16.6 Å². The van der Waals surface area contributed by atoms with Gasteiger partial charge < -0.3 is 14.6 Å². The molecule has 0 fully saturated rings. The molecule has 0 saturated heterocycles. The standard InChI is InChI=1S/C10H19N2O4P/c1-2-3-4-5-6-7-8-16-17(14,15)10(9-11)12-13/h13H,2-8H2,1H3,(H,14,15)/b12-10+. The van der Waals surface area contributed by atoms with Crippen LogP contribution in [-0.4, -0.2) is 22.2 Å². The molecular formula is C10H19N2O4P. The molecule has 0 aromatic rings. The largest absolute Gasteiger partial charge is 0.410 e. The Bertz CT molecular complexity index is 325. The zero-order valence-corrected chi connectivity index (χ0v) is 10.9. The van der Waals surface area contributed by atoms with Crippen molar-refractivity contribution in [2.24, 2.45) is 5.16 Å². The summed E-state index contributed by atoms with van der Waals surface area (Å²) in [6.07, 6.45) is 6.13. The minimum absolute atomic E-state index is 0.0839. The van der Waals surface area contributed by atoms with E-state index < -0.39 is 13.0 Å². The van der Waals surface area contributed by atoms with E-state index in [1.165, 1.54) is 18.9 Å². The third kappa shape index (κ3) is 7.11. The van der Waals surface area contributed by atoms with Crippen molar-refractivity contribution in [1.29, 1.82) is 5.26 Å². The first kappa shape index (κ1) is 16.1. The number of hydrogen-bond acceptors (Lipinski definition) is 5. The summed E-state index contributed by atoms with van der Waals surface area (Å²) >= 11 is 0. The summed E-state index contributed by atoms with van der Waals surface area (Å²) in [5.41, 5.74) is -0.872. The van der Waals surface area contributed by atoms with Crippen molar-refractivity contribution >= 4 is 13.0 Å². The molecule has 1 atom stereocenters. The third-order valence-electron chi connectivity index (χ3n) is 2.23. The third-order valence-corrected chi connectivity index (χ3v) is 3.48. The van der Waals surface area contributed by atoms with E-state index in [1.807, 2.05) is 0 Å². The highest BCUT2D eigenvalue weighted by atomic mass is 31.2. The highest BCUT2D eigenvalue weighted by Gasteiger charge is 2.28. The lowest BCUT2D eigenvalue weighted by Crippen LogP contribution is -2.02. The van der Waals surface area contributed by atoms with Gasteiger partial charge in [-0.25, -0.2) is 0 Å². The Kier molecular flexibility index (Phi) is 8.69. The van der Waals surface area contributed by atoms with Crippen molar-refractivity contribution in [3.8, 4) is 6.07 Å². The van der Waals surface area contributed by atoms with Crippen molar-refractivity contribution in [2.75, 3.05) is 6.61 Å². The molecule has 0 saturated carbocycles. The number of nitriles is 1. The van der Waals surface area contributed by atoms with E-state index >= 15 is 0 Å². The van der Waals surface area contributed by atoms with Gasteiger partial charge in [-0.1, -0.05) is 44.2 Å². The van der Waals surface area contributed by atoms with E-state index in [0.29, 0.717) is 6.42 Å². The zero-order valence-electron chi connectivity index (χ0n) is 10.0. The summed E-state index contributed by atoms with van der Waals surface area (Å²) in [4.78, 5) is 9.24. The van der Waals surface area contributed by atoms with Crippen LogP contribution >= 0.6 is 7.60 Å². The Labute approximate surface area is 101 Å². The molecule has 6 nitrogen and oxygen atoms in total. The van der Waals surface area contributed by atoms with Gasteiger partial charge in [0.25, 0.3) is 5.45 Å². The summed E-state index contributed by atoms with van der Waals surface area (Å²) in [6.45, 7) is 2.21. The van der Waals surface area contributed by atoms with Gasteiger partial charge >= 0.3 is 7.60 Å². The molecule has 1 unspecified atom stereocenters. The monoisotopic (exact) mass is 262 g/mol. The molecule has 0 aromatic carbocycles. The van der Waals surface area contributed by atoms with Crippen molar-refractivity contribution in [2.45, 2.75) is 45.4 Å². The van der Waals surface area contributed by atoms with Crippen LogP contribution in [0.15, 0.2) is 5.16 Å². The molecule has 7 heteroatoms. The molecule has 0 aliphatic rings. The van der Waals surface area contributed by atoms with E-state index in [1.54, 1.807) is 0 Å². The van der Waals surface area contributed by atoms with Gasteiger partial charge in [-0.15, -0.1) is 0 Å². The minimum Gasteiger partial charge on any atom is -0.410 e. The molecule has 0 aliphatic heterocycles. The van der Waals surface area contributed by atoms with Gasteiger partial charge in [0.05, 0.1) is 6.61 Å². The fraction of sp³-hybridized carbons (Fsp3) is 0.800. The molecule has 98 valence electrons. The maximum Gasteiger partial charge on any atom is 0.391 e. The molecule has 0 aromatic heterocycles. The summed E-state index contributed by atoms with van der Waals surface area (Å²) in [7, 11) is -4.23. The second-order valence-electron chi connectivity index (χ2n) is 3.66. The fourth-order valence-electron chi connectivity index (χ4n) is 1.27. The molecule has 17 heavy (non-hydrogen) atoms. The lowest BCUT2D eigenvalue weighted by atomic mass is 10.1. The summed E-state index contributed by atoms with van der Waals surface area (Å²) in [6, 6.07) is 1.32. The topological polar surface area (TPSA) is 103 Å². The van der Waals surface area contributed by atoms with E-state index in [9.17, 15) is 9.46 Å². The smallest absolute Gasteiger partial charge is 0.391 e. The maximum absolute atomic E-state index is 11.3. The number of unbranched alkanes of at least 4 members (excludes halogenated alkanes) is 5. The van der Waals surface area contributed by atoms with Crippen LogP contribution < -0.4 is 0 Å². The first-order valence-electron chi connectivity index (χ1n) is 5.68. The zero-order chi connectivity index (χ0) is 13.1. The number of nitrogens with zero attached hydrogens (tertiary/aromatic N) is 2. The number of hydrogen-bond donors (Lipinski definition) is 2. The summed E-state index contributed by atoms with van der Waals surface area (Å²) < 4.78 is 16.0. The van der Waals surface area contributed by atoms with Gasteiger partial charge in [-0.3, -0.25) is 4.57 Å². The molecule has 0 spiro atoms. The number of oxime groups is 1. The quantitative estimate of drug-likeness (QED) is 0.218. The highest BCUT2D eigenvalue weighted by Crippen LogP contribution is 2.43. The van der Waals surface area contributed by atoms with Gasteiger partial charge in [0.15, 0.2) is 0 Å². The van der Waals surface area contributed by atoms with Crippen LogP contribution in [0.2, 0.25) is 0 Å². The first-order valence-corrected chi connectivity index (χ1v) is 7.26. The van der Waals surface area contributed by atoms with Crippen molar-refractivity contribution in [3.63, 3.8) is 0 Å². The van der Waals surface area contributed by atoms with Crippen molar-refractivity contribution < 1.29 is 19.2 Å². The van der Waals surface area contributed by atoms with Crippen LogP contribution in [0.5, 0.6) is 0 Å². The highest BCUT2D eigenvalue weighted by molar-refractivity contribution is 7.72. The van der Waals surface area contributed by atoms with E-state index in [4.69, 9.17) is 10.5 Å². The molecule has 0 amide bonds. The van der Waals surface area contributed by atoms with Gasteiger partial charge in [-0.05, 0) is 6.42 Å². The van der Waals surface area contributed by atoms with Gasteiger partial charge in [-0.2, -0.15) is 5.26 Å². The summed E-state index contributed by atoms with van der Waals surface area (Å²) in [5, 5.41) is 19.2. The maximum atomic E-state index is 11.3. The molecular weight excluding hydrogens is 243 g/mol.